The molecule has 0 radical (unpaired) electrons. The molecule has 0 unspecified atom stereocenters. The highest BCUT2D eigenvalue weighted by atomic mass is 28.3. The monoisotopic (exact) mass is 474 g/mol. The fraction of sp³-hybridized carbons (Fsp3) is 0.593. The Labute approximate surface area is 199 Å². The summed E-state index contributed by atoms with van der Waals surface area (Å²) in [4.78, 5) is 12.4. The summed E-state index contributed by atoms with van der Waals surface area (Å²) >= 11 is 0. The van der Waals surface area contributed by atoms with Gasteiger partial charge in [-0.1, -0.05) is 86.8 Å². The molecule has 0 spiro atoms. The second-order valence-corrected chi connectivity index (χ2v) is 22.5. The number of hydrogen-bond acceptors (Lipinski definition) is 3. The van der Waals surface area contributed by atoms with Crippen molar-refractivity contribution in [1.82, 2.24) is 0 Å². The van der Waals surface area contributed by atoms with Gasteiger partial charge in [0.25, 0.3) is 0 Å². The molecule has 0 bridgehead atoms. The van der Waals surface area contributed by atoms with Gasteiger partial charge in [0.2, 0.25) is 0 Å². The van der Waals surface area contributed by atoms with Gasteiger partial charge in [0.15, 0.2) is 0 Å². The first-order valence-corrected chi connectivity index (χ1v) is 19.4. The van der Waals surface area contributed by atoms with E-state index in [2.05, 4.69) is 65.3 Å². The summed E-state index contributed by atoms with van der Waals surface area (Å²) in [5.74, 6) is -0.255. The quantitative estimate of drug-likeness (QED) is 0.126. The van der Waals surface area contributed by atoms with Gasteiger partial charge in [0, 0.05) is 22.2 Å². The summed E-state index contributed by atoms with van der Waals surface area (Å²) in [6.45, 7) is 21.5. The molecule has 0 amide bonds. The molecule has 0 fully saturated rings. The van der Waals surface area contributed by atoms with E-state index in [-0.39, 0.29) is 12.1 Å². The molecule has 32 heavy (non-hydrogen) atoms. The molecule has 0 aliphatic rings. The van der Waals surface area contributed by atoms with E-state index in [1.807, 2.05) is 25.1 Å². The predicted octanol–water partition coefficient (Wildman–Crippen LogP) is 7.85. The zero-order chi connectivity index (χ0) is 24.4. The van der Waals surface area contributed by atoms with Crippen LogP contribution in [0, 0.1) is 0 Å². The molecule has 0 aromatic heterocycles. The number of esters is 1. The lowest BCUT2D eigenvalue weighted by atomic mass is 9.97. The van der Waals surface area contributed by atoms with Gasteiger partial charge in [-0.05, 0) is 50.8 Å². The fourth-order valence-electron chi connectivity index (χ4n) is 3.58. The summed E-state index contributed by atoms with van der Waals surface area (Å²) in [6.07, 6.45) is 3.56. The van der Waals surface area contributed by atoms with E-state index in [1.54, 1.807) is 6.08 Å². The Morgan fingerprint density at radius 2 is 1.62 bits per heavy atom. The standard InChI is InChI=1S/C27H46O3Si2/c1-10-29-27(28)19-25(21-32(7,8)9)26(30-20-23-14-12-11-13-15-23)18-24(22(2)3)16-17-31(4,5)6/h11-15,19,26H,10,16-18,20-21H2,1-9H3/b25-19+/t26-/m0/s1. The van der Waals surface area contributed by atoms with Crippen molar-refractivity contribution in [2.45, 2.75) is 97.7 Å². The first-order valence-electron chi connectivity index (χ1n) is 12.0. The minimum absolute atomic E-state index is 0.113. The van der Waals surface area contributed by atoms with Gasteiger partial charge in [0.1, 0.15) is 0 Å². The van der Waals surface area contributed by atoms with Gasteiger partial charge in [-0.15, -0.1) is 0 Å². The van der Waals surface area contributed by atoms with E-state index >= 15 is 0 Å². The molecule has 0 heterocycles. The SMILES string of the molecule is CCOC(=O)/C=C(\C[Si](C)(C)C)[C@H](CC(CC[Si](C)(C)C)=C(C)C)OCc1ccccc1. The molecule has 0 saturated heterocycles. The molecule has 0 aliphatic carbocycles. The van der Waals surface area contributed by atoms with Gasteiger partial charge in [-0.2, -0.15) is 0 Å². The highest BCUT2D eigenvalue weighted by Gasteiger charge is 2.26. The Kier molecular flexibility index (Phi) is 11.9. The third-order valence-electron chi connectivity index (χ3n) is 5.35. The molecule has 0 aliphatic heterocycles. The average Bonchev–Trinajstić information content (AvgIpc) is 2.65. The van der Waals surface area contributed by atoms with E-state index in [0.717, 1.165) is 30.0 Å². The zero-order valence-electron chi connectivity index (χ0n) is 22.0. The summed E-state index contributed by atoms with van der Waals surface area (Å²) in [7, 11) is -2.62. The van der Waals surface area contributed by atoms with Gasteiger partial charge >= 0.3 is 5.97 Å². The lowest BCUT2D eigenvalue weighted by Crippen LogP contribution is -2.27. The maximum atomic E-state index is 12.4. The number of carbonyl (C=O) groups excluding carboxylic acids is 1. The number of rotatable bonds is 13. The van der Waals surface area contributed by atoms with Crippen molar-refractivity contribution < 1.29 is 14.3 Å². The molecule has 0 saturated carbocycles. The second-order valence-electron chi connectivity index (χ2n) is 11.4. The van der Waals surface area contributed by atoms with Crippen LogP contribution >= 0.6 is 0 Å². The van der Waals surface area contributed by atoms with Crippen LogP contribution in [0.15, 0.2) is 53.1 Å². The van der Waals surface area contributed by atoms with Gasteiger partial charge in [-0.25, -0.2) is 4.79 Å². The van der Waals surface area contributed by atoms with Crippen LogP contribution in [0.3, 0.4) is 0 Å². The molecule has 5 heteroatoms. The number of benzene rings is 1. The Bertz CT molecular complexity index is 764. The van der Waals surface area contributed by atoms with E-state index in [0.29, 0.717) is 13.2 Å². The highest BCUT2D eigenvalue weighted by Crippen LogP contribution is 2.30. The summed E-state index contributed by atoms with van der Waals surface area (Å²) < 4.78 is 11.8. The molecular formula is C27H46O3Si2. The van der Waals surface area contributed by atoms with Crippen molar-refractivity contribution >= 4 is 22.1 Å². The molecule has 180 valence electrons. The van der Waals surface area contributed by atoms with Crippen LogP contribution in [0.1, 0.15) is 39.2 Å². The van der Waals surface area contributed by atoms with Gasteiger partial charge < -0.3 is 9.47 Å². The van der Waals surface area contributed by atoms with E-state index < -0.39 is 16.1 Å². The maximum Gasteiger partial charge on any atom is 0.330 e. The molecule has 1 atom stereocenters. The number of ether oxygens (including phenoxy) is 2. The van der Waals surface area contributed by atoms with Gasteiger partial charge in [-0.3, -0.25) is 0 Å². The van der Waals surface area contributed by atoms with Crippen LogP contribution < -0.4 is 0 Å². The van der Waals surface area contributed by atoms with Crippen molar-refractivity contribution in [3.63, 3.8) is 0 Å². The lowest BCUT2D eigenvalue weighted by Gasteiger charge is -2.28. The average molecular weight is 475 g/mol. The van der Waals surface area contributed by atoms with Crippen LogP contribution in [0.4, 0.5) is 0 Å². The van der Waals surface area contributed by atoms with Crippen molar-refractivity contribution in [2.75, 3.05) is 6.61 Å². The molecule has 1 rings (SSSR count). The smallest absolute Gasteiger partial charge is 0.330 e. The topological polar surface area (TPSA) is 35.5 Å². The van der Waals surface area contributed by atoms with Crippen molar-refractivity contribution in [3.05, 3.63) is 58.7 Å². The van der Waals surface area contributed by atoms with Crippen LogP contribution in [0.5, 0.6) is 0 Å². The molecule has 1 aromatic rings. The first-order chi connectivity index (χ1) is 14.8. The van der Waals surface area contributed by atoms with E-state index in [1.165, 1.54) is 17.2 Å². The Morgan fingerprint density at radius 3 is 2.12 bits per heavy atom. The maximum absolute atomic E-state index is 12.4. The molecule has 1 aromatic carbocycles. The third kappa shape index (κ3) is 12.6. The summed E-state index contributed by atoms with van der Waals surface area (Å²) in [5, 5.41) is 0. The second kappa shape index (κ2) is 13.3. The predicted molar refractivity (Wildman–Crippen MR) is 144 cm³/mol. The minimum atomic E-state index is -1.47. The van der Waals surface area contributed by atoms with Crippen molar-refractivity contribution in [3.8, 4) is 0 Å². The van der Waals surface area contributed by atoms with Crippen molar-refractivity contribution in [1.29, 1.82) is 0 Å². The lowest BCUT2D eigenvalue weighted by molar-refractivity contribution is -0.137. The number of hydrogen-bond donors (Lipinski definition) is 0. The molecule has 3 nitrogen and oxygen atoms in total. The zero-order valence-corrected chi connectivity index (χ0v) is 24.0. The Morgan fingerprint density at radius 1 is 1.00 bits per heavy atom. The van der Waals surface area contributed by atoms with Crippen molar-refractivity contribution in [2.24, 2.45) is 0 Å². The highest BCUT2D eigenvalue weighted by molar-refractivity contribution is 6.76. The number of allylic oxidation sites excluding steroid dienone is 1. The largest absolute Gasteiger partial charge is 0.463 e. The summed E-state index contributed by atoms with van der Waals surface area (Å²) in [5.41, 5.74) is 5.09. The Balaban J connectivity index is 3.26. The van der Waals surface area contributed by atoms with Crippen LogP contribution in [0.2, 0.25) is 51.4 Å². The van der Waals surface area contributed by atoms with Crippen LogP contribution in [-0.2, 0) is 20.9 Å². The van der Waals surface area contributed by atoms with E-state index in [9.17, 15) is 4.79 Å². The van der Waals surface area contributed by atoms with E-state index in [4.69, 9.17) is 9.47 Å². The first kappa shape index (κ1) is 28.6. The van der Waals surface area contributed by atoms with Crippen LogP contribution in [0.25, 0.3) is 0 Å². The normalized spacial score (nSPS) is 13.6. The summed E-state index contributed by atoms with van der Waals surface area (Å²) in [6, 6.07) is 12.5. The van der Waals surface area contributed by atoms with Gasteiger partial charge in [0.05, 0.1) is 19.3 Å². The molecular weight excluding hydrogens is 428 g/mol. The van der Waals surface area contributed by atoms with Crippen LogP contribution in [-0.4, -0.2) is 34.8 Å². The Hall–Kier alpha value is -1.44. The minimum Gasteiger partial charge on any atom is -0.463 e. The number of carbonyl (C=O) groups is 1. The molecule has 0 N–H and O–H groups in total. The third-order valence-corrected chi connectivity index (χ3v) is 8.57. The fourth-order valence-corrected chi connectivity index (χ4v) is 6.19.